The molecule has 2 unspecified atom stereocenters. The summed E-state index contributed by atoms with van der Waals surface area (Å²) in [6, 6.07) is 10.7. The van der Waals surface area contributed by atoms with Gasteiger partial charge in [0.05, 0.1) is 41.7 Å². The predicted molar refractivity (Wildman–Crippen MR) is 126 cm³/mol. The molecule has 3 aromatic rings. The fourth-order valence-electron chi connectivity index (χ4n) is 4.87. The molecule has 1 amide bonds. The Morgan fingerprint density at radius 3 is 2.47 bits per heavy atom. The standard InChI is InChI=1S/C25H25NO7S/c1-3-31-19-10-9-15(13-20(19)32-4-2)22-21-23(27)17-7-5-6-8-18(17)33-24(21)25(28)26(22)16-11-12-34(29,30)14-16/h5-10,13,16,22H,3-4,11-12,14H2,1-2H3. The van der Waals surface area contributed by atoms with Gasteiger partial charge in [0, 0.05) is 6.04 Å². The number of sulfone groups is 1. The Hall–Kier alpha value is -3.33. The topological polar surface area (TPSA) is 103 Å². The second-order valence-corrected chi connectivity index (χ2v) is 10.6. The molecule has 2 aliphatic heterocycles. The molecule has 178 valence electrons. The molecule has 34 heavy (non-hydrogen) atoms. The van der Waals surface area contributed by atoms with E-state index in [0.717, 1.165) is 0 Å². The van der Waals surface area contributed by atoms with Gasteiger partial charge in [-0.1, -0.05) is 18.2 Å². The van der Waals surface area contributed by atoms with Crippen LogP contribution in [0.1, 0.15) is 48.0 Å². The Labute approximate surface area is 197 Å². The summed E-state index contributed by atoms with van der Waals surface area (Å²) in [6.45, 7) is 4.58. The molecule has 5 rings (SSSR count). The van der Waals surface area contributed by atoms with Crippen molar-refractivity contribution in [2.24, 2.45) is 0 Å². The number of ether oxygens (including phenoxy) is 2. The Morgan fingerprint density at radius 2 is 1.76 bits per heavy atom. The lowest BCUT2D eigenvalue weighted by atomic mass is 9.97. The maximum Gasteiger partial charge on any atom is 0.291 e. The van der Waals surface area contributed by atoms with Gasteiger partial charge in [-0.15, -0.1) is 0 Å². The minimum absolute atomic E-state index is 0.00133. The molecular weight excluding hydrogens is 458 g/mol. The quantitative estimate of drug-likeness (QED) is 0.530. The molecule has 0 N–H and O–H groups in total. The maximum absolute atomic E-state index is 13.6. The molecule has 1 aromatic heterocycles. The van der Waals surface area contributed by atoms with E-state index in [0.29, 0.717) is 47.7 Å². The number of nitrogens with zero attached hydrogens (tertiary/aromatic N) is 1. The van der Waals surface area contributed by atoms with Crippen LogP contribution in [0.25, 0.3) is 11.0 Å². The summed E-state index contributed by atoms with van der Waals surface area (Å²) in [7, 11) is -3.28. The number of carbonyl (C=O) groups is 1. The van der Waals surface area contributed by atoms with Crippen molar-refractivity contribution in [1.29, 1.82) is 0 Å². The highest BCUT2D eigenvalue weighted by Crippen LogP contribution is 2.43. The lowest BCUT2D eigenvalue weighted by Crippen LogP contribution is -2.40. The normalized spacial score (nSPS) is 21.1. The maximum atomic E-state index is 13.6. The lowest BCUT2D eigenvalue weighted by molar-refractivity contribution is 0.0662. The summed E-state index contributed by atoms with van der Waals surface area (Å²) in [6.07, 6.45) is 0.307. The average Bonchev–Trinajstić information content (AvgIpc) is 3.32. The predicted octanol–water partition coefficient (Wildman–Crippen LogP) is 3.32. The third-order valence-corrected chi connectivity index (χ3v) is 8.05. The number of para-hydroxylation sites is 1. The fourth-order valence-corrected chi connectivity index (χ4v) is 6.58. The SMILES string of the molecule is CCOc1ccc(C2c3c(oc4ccccc4c3=O)C(=O)N2C2CCS(=O)(=O)C2)cc1OCC. The van der Waals surface area contributed by atoms with Crippen LogP contribution in [0.5, 0.6) is 11.5 Å². The van der Waals surface area contributed by atoms with Gasteiger partial charge in [0.1, 0.15) is 5.58 Å². The van der Waals surface area contributed by atoms with Crippen molar-refractivity contribution >= 4 is 26.7 Å². The number of fused-ring (bicyclic) bond motifs is 2. The van der Waals surface area contributed by atoms with Crippen molar-refractivity contribution in [2.45, 2.75) is 32.4 Å². The Kier molecular flexibility index (Phi) is 5.59. The van der Waals surface area contributed by atoms with Crippen molar-refractivity contribution in [3.8, 4) is 11.5 Å². The van der Waals surface area contributed by atoms with Gasteiger partial charge in [0.15, 0.2) is 26.8 Å². The van der Waals surface area contributed by atoms with E-state index in [4.69, 9.17) is 13.9 Å². The second kappa shape index (κ2) is 8.47. The molecule has 2 atom stereocenters. The molecule has 2 aliphatic rings. The van der Waals surface area contributed by atoms with E-state index in [9.17, 15) is 18.0 Å². The number of hydrogen-bond acceptors (Lipinski definition) is 7. The van der Waals surface area contributed by atoms with Crippen molar-refractivity contribution in [3.63, 3.8) is 0 Å². The number of rotatable bonds is 6. The zero-order chi connectivity index (χ0) is 24.0. The summed E-state index contributed by atoms with van der Waals surface area (Å²) in [4.78, 5) is 28.7. The second-order valence-electron chi connectivity index (χ2n) is 8.41. The van der Waals surface area contributed by atoms with E-state index in [2.05, 4.69) is 0 Å². The van der Waals surface area contributed by atoms with Gasteiger partial charge >= 0.3 is 0 Å². The number of amides is 1. The van der Waals surface area contributed by atoms with E-state index in [1.165, 1.54) is 4.90 Å². The summed E-state index contributed by atoms with van der Waals surface area (Å²) < 4.78 is 41.9. The summed E-state index contributed by atoms with van der Waals surface area (Å²) >= 11 is 0. The van der Waals surface area contributed by atoms with Crippen molar-refractivity contribution in [2.75, 3.05) is 24.7 Å². The Morgan fingerprint density at radius 1 is 1.03 bits per heavy atom. The first-order valence-electron chi connectivity index (χ1n) is 11.3. The Bertz CT molecular complexity index is 1440. The molecule has 3 heterocycles. The van der Waals surface area contributed by atoms with Crippen LogP contribution >= 0.6 is 0 Å². The first-order valence-corrected chi connectivity index (χ1v) is 13.1. The van der Waals surface area contributed by atoms with E-state index >= 15 is 0 Å². The molecule has 9 heteroatoms. The first-order chi connectivity index (χ1) is 16.3. The van der Waals surface area contributed by atoms with Crippen LogP contribution in [0, 0.1) is 0 Å². The van der Waals surface area contributed by atoms with Gasteiger partial charge in [-0.3, -0.25) is 9.59 Å². The van der Waals surface area contributed by atoms with Gasteiger partial charge in [-0.2, -0.15) is 0 Å². The fraction of sp³-hybridized carbons (Fsp3) is 0.360. The summed E-state index contributed by atoms with van der Waals surface area (Å²) in [5.41, 5.74) is 0.872. The van der Waals surface area contributed by atoms with Crippen LogP contribution in [-0.4, -0.2) is 50.0 Å². The molecule has 0 saturated carbocycles. The molecule has 1 saturated heterocycles. The van der Waals surface area contributed by atoms with Gasteiger partial charge in [0.25, 0.3) is 5.91 Å². The zero-order valence-corrected chi connectivity index (χ0v) is 19.8. The van der Waals surface area contributed by atoms with Gasteiger partial charge < -0.3 is 18.8 Å². The number of hydrogen-bond donors (Lipinski definition) is 0. The number of carbonyl (C=O) groups excluding carboxylic acids is 1. The molecule has 2 aromatic carbocycles. The van der Waals surface area contributed by atoms with Crippen LogP contribution in [0.4, 0.5) is 0 Å². The van der Waals surface area contributed by atoms with Gasteiger partial charge in [0.2, 0.25) is 5.76 Å². The van der Waals surface area contributed by atoms with Crippen molar-refractivity contribution < 1.29 is 27.1 Å². The van der Waals surface area contributed by atoms with E-state index in [1.807, 2.05) is 13.8 Å². The molecule has 8 nitrogen and oxygen atoms in total. The van der Waals surface area contributed by atoms with Gasteiger partial charge in [-0.25, -0.2) is 8.42 Å². The lowest BCUT2D eigenvalue weighted by Gasteiger charge is -2.30. The summed E-state index contributed by atoms with van der Waals surface area (Å²) in [5, 5.41) is 0.371. The molecule has 0 aliphatic carbocycles. The van der Waals surface area contributed by atoms with Crippen LogP contribution < -0.4 is 14.9 Å². The number of benzene rings is 2. The van der Waals surface area contributed by atoms with Crippen molar-refractivity contribution in [3.05, 3.63) is 69.6 Å². The highest BCUT2D eigenvalue weighted by Gasteiger charge is 2.48. The first kappa shape index (κ1) is 22.5. The molecular formula is C25H25NO7S. The minimum Gasteiger partial charge on any atom is -0.490 e. The van der Waals surface area contributed by atoms with Crippen LogP contribution in [0.15, 0.2) is 51.7 Å². The summed E-state index contributed by atoms with van der Waals surface area (Å²) in [5.74, 6) is 0.389. The average molecular weight is 484 g/mol. The third kappa shape index (κ3) is 3.64. The van der Waals surface area contributed by atoms with Crippen LogP contribution in [-0.2, 0) is 9.84 Å². The molecule has 0 spiro atoms. The highest BCUT2D eigenvalue weighted by atomic mass is 32.2. The third-order valence-electron chi connectivity index (χ3n) is 6.30. The van der Waals surface area contributed by atoms with Crippen molar-refractivity contribution in [1.82, 2.24) is 4.90 Å². The minimum atomic E-state index is -3.28. The van der Waals surface area contributed by atoms with E-state index in [-0.39, 0.29) is 28.3 Å². The smallest absolute Gasteiger partial charge is 0.291 e. The molecule has 0 bridgehead atoms. The van der Waals surface area contributed by atoms with E-state index < -0.39 is 27.8 Å². The zero-order valence-electron chi connectivity index (χ0n) is 18.9. The Balaban J connectivity index is 1.73. The highest BCUT2D eigenvalue weighted by molar-refractivity contribution is 7.91. The largest absolute Gasteiger partial charge is 0.490 e. The van der Waals surface area contributed by atoms with E-state index in [1.54, 1.807) is 42.5 Å². The monoisotopic (exact) mass is 483 g/mol. The molecule has 0 radical (unpaired) electrons. The van der Waals surface area contributed by atoms with Crippen LogP contribution in [0.3, 0.4) is 0 Å². The molecule has 1 fully saturated rings. The van der Waals surface area contributed by atoms with Crippen LogP contribution in [0.2, 0.25) is 0 Å². The van der Waals surface area contributed by atoms with Gasteiger partial charge in [-0.05, 0) is 50.1 Å².